The molecule has 1 aliphatic heterocycles. The molecule has 0 bridgehead atoms. The van der Waals surface area contributed by atoms with Gasteiger partial charge in [0.05, 0.1) is 19.8 Å². The van der Waals surface area contributed by atoms with Gasteiger partial charge in [0, 0.05) is 26.3 Å². The fourth-order valence-corrected chi connectivity index (χ4v) is 2.27. The normalized spacial score (nSPS) is 26.4. The Hall–Kier alpha value is -0.160. The van der Waals surface area contributed by atoms with Crippen molar-refractivity contribution in [1.29, 1.82) is 0 Å². The SMILES string of the molecule is COCCOCCCN1CCC(C)C1CO. The molecule has 1 aliphatic rings. The molecule has 96 valence electrons. The van der Waals surface area contributed by atoms with Crippen molar-refractivity contribution in [3.05, 3.63) is 0 Å². The van der Waals surface area contributed by atoms with Gasteiger partial charge in [-0.05, 0) is 25.3 Å². The highest BCUT2D eigenvalue weighted by Gasteiger charge is 2.29. The first kappa shape index (κ1) is 13.9. The zero-order valence-corrected chi connectivity index (χ0v) is 10.5. The van der Waals surface area contributed by atoms with Crippen molar-refractivity contribution in [2.75, 3.05) is 46.6 Å². The lowest BCUT2D eigenvalue weighted by atomic mass is 10.0. The number of ether oxygens (including phenoxy) is 2. The third-order valence-corrected chi connectivity index (χ3v) is 3.35. The Bertz CT molecular complexity index is 178. The summed E-state index contributed by atoms with van der Waals surface area (Å²) in [4.78, 5) is 2.38. The number of hydrogen-bond acceptors (Lipinski definition) is 4. The summed E-state index contributed by atoms with van der Waals surface area (Å²) >= 11 is 0. The Morgan fingerprint density at radius 1 is 1.31 bits per heavy atom. The summed E-state index contributed by atoms with van der Waals surface area (Å²) in [6.45, 7) is 6.78. The molecule has 0 amide bonds. The minimum atomic E-state index is 0.283. The summed E-state index contributed by atoms with van der Waals surface area (Å²) in [5.74, 6) is 0.624. The molecule has 0 radical (unpaired) electrons. The molecule has 0 aromatic heterocycles. The van der Waals surface area contributed by atoms with Crippen molar-refractivity contribution < 1.29 is 14.6 Å². The molecule has 4 nitrogen and oxygen atoms in total. The lowest BCUT2D eigenvalue weighted by Crippen LogP contribution is -2.36. The van der Waals surface area contributed by atoms with Crippen LogP contribution >= 0.6 is 0 Å². The predicted molar refractivity (Wildman–Crippen MR) is 63.5 cm³/mol. The topological polar surface area (TPSA) is 41.9 Å². The number of nitrogens with zero attached hydrogens (tertiary/aromatic N) is 1. The number of methoxy groups -OCH3 is 1. The van der Waals surface area contributed by atoms with Crippen molar-refractivity contribution in [2.45, 2.75) is 25.8 Å². The number of likely N-dealkylation sites (tertiary alicyclic amines) is 1. The number of rotatable bonds is 8. The maximum absolute atomic E-state index is 9.29. The van der Waals surface area contributed by atoms with E-state index in [1.165, 1.54) is 6.42 Å². The van der Waals surface area contributed by atoms with E-state index >= 15 is 0 Å². The van der Waals surface area contributed by atoms with Gasteiger partial charge >= 0.3 is 0 Å². The molecule has 1 rings (SSSR count). The Kier molecular flexibility index (Phi) is 6.96. The largest absolute Gasteiger partial charge is 0.395 e. The van der Waals surface area contributed by atoms with E-state index in [4.69, 9.17) is 9.47 Å². The third-order valence-electron chi connectivity index (χ3n) is 3.35. The highest BCUT2D eigenvalue weighted by molar-refractivity contribution is 4.83. The third kappa shape index (κ3) is 4.37. The second kappa shape index (κ2) is 8.01. The number of aliphatic hydroxyl groups excluding tert-OH is 1. The van der Waals surface area contributed by atoms with Gasteiger partial charge in [-0.3, -0.25) is 4.90 Å². The molecule has 1 N–H and O–H groups in total. The van der Waals surface area contributed by atoms with Crippen molar-refractivity contribution >= 4 is 0 Å². The van der Waals surface area contributed by atoms with Crippen molar-refractivity contribution in [1.82, 2.24) is 4.90 Å². The molecule has 1 fully saturated rings. The van der Waals surface area contributed by atoms with E-state index in [0.717, 1.165) is 26.1 Å². The van der Waals surface area contributed by atoms with Gasteiger partial charge in [-0.1, -0.05) is 6.92 Å². The first-order valence-corrected chi connectivity index (χ1v) is 6.21. The Balaban J connectivity index is 2.04. The standard InChI is InChI=1S/C12H25NO3/c1-11-4-6-13(12(11)10-14)5-3-7-16-9-8-15-2/h11-12,14H,3-10H2,1-2H3. The highest BCUT2D eigenvalue weighted by atomic mass is 16.5. The highest BCUT2D eigenvalue weighted by Crippen LogP contribution is 2.23. The molecule has 0 aromatic carbocycles. The second-order valence-electron chi connectivity index (χ2n) is 4.51. The zero-order chi connectivity index (χ0) is 11.8. The minimum absolute atomic E-state index is 0.283. The average molecular weight is 231 g/mol. The molecular formula is C12H25NO3. The second-order valence-corrected chi connectivity index (χ2v) is 4.51. The Morgan fingerprint density at radius 3 is 2.81 bits per heavy atom. The lowest BCUT2D eigenvalue weighted by molar-refractivity contribution is 0.0614. The number of hydrogen-bond donors (Lipinski definition) is 1. The van der Waals surface area contributed by atoms with E-state index in [1.54, 1.807) is 7.11 Å². The van der Waals surface area contributed by atoms with E-state index < -0.39 is 0 Å². The first-order chi connectivity index (χ1) is 7.79. The van der Waals surface area contributed by atoms with Crippen LogP contribution in [-0.2, 0) is 9.47 Å². The van der Waals surface area contributed by atoms with Gasteiger partial charge < -0.3 is 14.6 Å². The summed E-state index contributed by atoms with van der Waals surface area (Å²) in [6.07, 6.45) is 2.24. The monoisotopic (exact) mass is 231 g/mol. The predicted octanol–water partition coefficient (Wildman–Crippen LogP) is 0.742. The molecule has 4 heteroatoms. The van der Waals surface area contributed by atoms with Crippen molar-refractivity contribution in [3.8, 4) is 0 Å². The van der Waals surface area contributed by atoms with Gasteiger partial charge in [0.1, 0.15) is 0 Å². The zero-order valence-electron chi connectivity index (χ0n) is 10.5. The van der Waals surface area contributed by atoms with Gasteiger partial charge in [-0.15, -0.1) is 0 Å². The fraction of sp³-hybridized carbons (Fsp3) is 1.00. The smallest absolute Gasteiger partial charge is 0.0700 e. The van der Waals surface area contributed by atoms with Crippen LogP contribution in [0.25, 0.3) is 0 Å². The molecular weight excluding hydrogens is 206 g/mol. The molecule has 0 saturated carbocycles. The van der Waals surface area contributed by atoms with Gasteiger partial charge in [-0.2, -0.15) is 0 Å². The summed E-state index contributed by atoms with van der Waals surface area (Å²) in [7, 11) is 1.68. The van der Waals surface area contributed by atoms with Gasteiger partial charge in [0.2, 0.25) is 0 Å². The summed E-state index contributed by atoms with van der Waals surface area (Å²) < 4.78 is 10.3. The van der Waals surface area contributed by atoms with E-state index in [0.29, 0.717) is 25.2 Å². The molecule has 2 atom stereocenters. The number of aliphatic hydroxyl groups is 1. The summed E-state index contributed by atoms with van der Waals surface area (Å²) in [6, 6.07) is 0.360. The van der Waals surface area contributed by atoms with Crippen LogP contribution in [0.1, 0.15) is 19.8 Å². The quantitative estimate of drug-likeness (QED) is 0.626. The van der Waals surface area contributed by atoms with Crippen LogP contribution in [-0.4, -0.2) is 62.7 Å². The first-order valence-electron chi connectivity index (χ1n) is 6.21. The lowest BCUT2D eigenvalue weighted by Gasteiger charge is -2.24. The van der Waals surface area contributed by atoms with E-state index in [2.05, 4.69) is 11.8 Å². The minimum Gasteiger partial charge on any atom is -0.395 e. The molecule has 1 heterocycles. The van der Waals surface area contributed by atoms with Crippen LogP contribution in [0.5, 0.6) is 0 Å². The van der Waals surface area contributed by atoms with Gasteiger partial charge in [-0.25, -0.2) is 0 Å². The molecule has 16 heavy (non-hydrogen) atoms. The Morgan fingerprint density at radius 2 is 2.12 bits per heavy atom. The molecule has 0 aliphatic carbocycles. The average Bonchev–Trinajstić information content (AvgIpc) is 2.64. The summed E-state index contributed by atoms with van der Waals surface area (Å²) in [5.41, 5.74) is 0. The maximum atomic E-state index is 9.29. The van der Waals surface area contributed by atoms with Crippen LogP contribution in [0.3, 0.4) is 0 Å². The van der Waals surface area contributed by atoms with Crippen molar-refractivity contribution in [3.63, 3.8) is 0 Å². The fourth-order valence-electron chi connectivity index (χ4n) is 2.27. The molecule has 1 saturated heterocycles. The van der Waals surface area contributed by atoms with Crippen molar-refractivity contribution in [2.24, 2.45) is 5.92 Å². The van der Waals surface area contributed by atoms with E-state index in [1.807, 2.05) is 0 Å². The summed E-state index contributed by atoms with van der Waals surface area (Å²) in [5, 5.41) is 9.29. The van der Waals surface area contributed by atoms with Gasteiger partial charge in [0.15, 0.2) is 0 Å². The van der Waals surface area contributed by atoms with Crippen LogP contribution < -0.4 is 0 Å². The van der Waals surface area contributed by atoms with Crippen LogP contribution in [0, 0.1) is 5.92 Å². The van der Waals surface area contributed by atoms with Crippen LogP contribution in [0.4, 0.5) is 0 Å². The van der Waals surface area contributed by atoms with Crippen LogP contribution in [0.15, 0.2) is 0 Å². The molecule has 2 unspecified atom stereocenters. The molecule has 0 spiro atoms. The van der Waals surface area contributed by atoms with E-state index in [-0.39, 0.29) is 6.61 Å². The van der Waals surface area contributed by atoms with Gasteiger partial charge in [0.25, 0.3) is 0 Å². The molecule has 0 aromatic rings. The Labute approximate surface area is 98.5 Å². The van der Waals surface area contributed by atoms with E-state index in [9.17, 15) is 5.11 Å². The van der Waals surface area contributed by atoms with Crippen LogP contribution in [0.2, 0.25) is 0 Å². The maximum Gasteiger partial charge on any atom is 0.0700 e.